The first-order valence-electron chi connectivity index (χ1n) is 8.38. The van der Waals surface area contributed by atoms with Gasteiger partial charge in [0.05, 0.1) is 13.2 Å². The van der Waals surface area contributed by atoms with Crippen LogP contribution in [0.15, 0.2) is 60.9 Å². The highest BCUT2D eigenvalue weighted by Crippen LogP contribution is 2.22. The predicted octanol–water partition coefficient (Wildman–Crippen LogP) is 4.17. The molecule has 3 rings (SSSR count). The number of benzene rings is 2. The van der Waals surface area contributed by atoms with Gasteiger partial charge in [0.15, 0.2) is 0 Å². The van der Waals surface area contributed by atoms with Crippen molar-refractivity contribution in [2.45, 2.75) is 31.8 Å². The molecule has 0 saturated heterocycles. The van der Waals surface area contributed by atoms with Crippen LogP contribution < -0.4 is 4.74 Å². The first-order chi connectivity index (χ1) is 11.7. The summed E-state index contributed by atoms with van der Waals surface area (Å²) in [5.41, 5.74) is 2.43. The first kappa shape index (κ1) is 16.5. The van der Waals surface area contributed by atoms with E-state index >= 15 is 0 Å². The van der Waals surface area contributed by atoms with Crippen LogP contribution in [0.2, 0.25) is 0 Å². The molecule has 124 valence electrons. The van der Waals surface area contributed by atoms with Gasteiger partial charge >= 0.3 is 0 Å². The number of fused-ring (bicyclic) bond motifs is 1. The van der Waals surface area contributed by atoms with Gasteiger partial charge in [0.2, 0.25) is 0 Å². The van der Waals surface area contributed by atoms with Gasteiger partial charge in [0.25, 0.3) is 0 Å². The van der Waals surface area contributed by atoms with E-state index in [2.05, 4.69) is 35.3 Å². The molecule has 0 radical (unpaired) electrons. The van der Waals surface area contributed by atoms with Crippen LogP contribution in [0.25, 0.3) is 10.8 Å². The molecule has 0 bridgehead atoms. The van der Waals surface area contributed by atoms with Crippen LogP contribution in [-0.4, -0.2) is 23.3 Å². The molecule has 3 aromatic rings. The minimum Gasteiger partial charge on any atom is -0.497 e. The van der Waals surface area contributed by atoms with E-state index in [9.17, 15) is 5.11 Å². The van der Waals surface area contributed by atoms with E-state index in [1.165, 1.54) is 21.9 Å². The summed E-state index contributed by atoms with van der Waals surface area (Å²) in [5, 5.41) is 12.6. The van der Waals surface area contributed by atoms with Gasteiger partial charge in [0, 0.05) is 12.4 Å². The van der Waals surface area contributed by atoms with Crippen molar-refractivity contribution in [1.29, 1.82) is 0 Å². The summed E-state index contributed by atoms with van der Waals surface area (Å²) in [5.74, 6) is 0.876. The normalized spacial score (nSPS) is 12.2. The fourth-order valence-electron chi connectivity index (χ4n) is 2.91. The lowest BCUT2D eigenvalue weighted by atomic mass is 9.99. The Kier molecular flexibility index (Phi) is 5.44. The smallest absolute Gasteiger partial charge is 0.119 e. The third kappa shape index (κ3) is 4.33. The van der Waals surface area contributed by atoms with Crippen LogP contribution in [-0.2, 0) is 12.8 Å². The Hall–Kier alpha value is -2.39. The van der Waals surface area contributed by atoms with E-state index in [4.69, 9.17) is 4.74 Å². The maximum Gasteiger partial charge on any atom is 0.119 e. The standard InChI is InChI=1S/C21H23NO2/c1-24-21-11-8-18-13-16(4-7-19(18)14-21)5-9-20(23)10-6-17-3-2-12-22-15-17/h2-4,7-8,11-15,20,23H,5-6,9-10H2,1H3. The second-order valence-corrected chi connectivity index (χ2v) is 6.14. The van der Waals surface area contributed by atoms with Crippen molar-refractivity contribution in [2.24, 2.45) is 0 Å². The quantitative estimate of drug-likeness (QED) is 0.710. The first-order valence-corrected chi connectivity index (χ1v) is 8.38. The lowest BCUT2D eigenvalue weighted by Gasteiger charge is -2.11. The topological polar surface area (TPSA) is 42.4 Å². The monoisotopic (exact) mass is 321 g/mol. The summed E-state index contributed by atoms with van der Waals surface area (Å²) >= 11 is 0. The molecule has 3 nitrogen and oxygen atoms in total. The fraction of sp³-hybridized carbons (Fsp3) is 0.286. The molecule has 0 aliphatic heterocycles. The summed E-state index contributed by atoms with van der Waals surface area (Å²) in [4.78, 5) is 4.11. The number of pyridine rings is 1. The summed E-state index contributed by atoms with van der Waals surface area (Å²) in [6, 6.07) is 16.5. The Bertz CT molecular complexity index is 786. The lowest BCUT2D eigenvalue weighted by molar-refractivity contribution is 0.155. The number of nitrogens with zero attached hydrogens (tertiary/aromatic N) is 1. The number of rotatable bonds is 7. The fourth-order valence-corrected chi connectivity index (χ4v) is 2.91. The van der Waals surface area contributed by atoms with E-state index in [1.54, 1.807) is 13.3 Å². The Morgan fingerprint density at radius 3 is 2.46 bits per heavy atom. The van der Waals surface area contributed by atoms with E-state index in [1.807, 2.05) is 24.4 Å². The maximum atomic E-state index is 10.2. The average molecular weight is 321 g/mol. The van der Waals surface area contributed by atoms with Crippen LogP contribution in [0.3, 0.4) is 0 Å². The highest BCUT2D eigenvalue weighted by atomic mass is 16.5. The maximum absolute atomic E-state index is 10.2. The van der Waals surface area contributed by atoms with Crippen LogP contribution in [0.1, 0.15) is 24.0 Å². The lowest BCUT2D eigenvalue weighted by Crippen LogP contribution is -2.09. The molecule has 1 unspecified atom stereocenters. The molecule has 0 spiro atoms. The molecule has 24 heavy (non-hydrogen) atoms. The predicted molar refractivity (Wildman–Crippen MR) is 97.4 cm³/mol. The highest BCUT2D eigenvalue weighted by Gasteiger charge is 2.06. The Balaban J connectivity index is 1.55. The van der Waals surface area contributed by atoms with Crippen LogP contribution >= 0.6 is 0 Å². The van der Waals surface area contributed by atoms with Gasteiger partial charge in [-0.05, 0) is 65.8 Å². The molecule has 0 aliphatic carbocycles. The third-order valence-electron chi connectivity index (χ3n) is 4.37. The molecule has 1 N–H and O–H groups in total. The SMILES string of the molecule is COc1ccc2cc(CCC(O)CCc3cccnc3)ccc2c1. The van der Waals surface area contributed by atoms with E-state index in [-0.39, 0.29) is 6.10 Å². The van der Waals surface area contributed by atoms with Gasteiger partial charge in [0.1, 0.15) is 5.75 Å². The zero-order chi connectivity index (χ0) is 16.8. The van der Waals surface area contributed by atoms with Crippen LogP contribution in [0.5, 0.6) is 5.75 Å². The zero-order valence-electron chi connectivity index (χ0n) is 14.0. The molecule has 1 aromatic heterocycles. The van der Waals surface area contributed by atoms with Crippen LogP contribution in [0.4, 0.5) is 0 Å². The number of aromatic nitrogens is 1. The number of aliphatic hydroxyl groups is 1. The summed E-state index contributed by atoms with van der Waals surface area (Å²) < 4.78 is 5.26. The minimum atomic E-state index is -0.281. The summed E-state index contributed by atoms with van der Waals surface area (Å²) in [6.45, 7) is 0. The minimum absolute atomic E-state index is 0.281. The van der Waals surface area contributed by atoms with Crippen molar-refractivity contribution in [3.05, 3.63) is 72.1 Å². The van der Waals surface area contributed by atoms with Crippen LogP contribution in [0, 0.1) is 0 Å². The van der Waals surface area contributed by atoms with Crippen molar-refractivity contribution in [3.63, 3.8) is 0 Å². The van der Waals surface area contributed by atoms with Crippen molar-refractivity contribution in [1.82, 2.24) is 4.98 Å². The van der Waals surface area contributed by atoms with Gasteiger partial charge in [-0.1, -0.05) is 30.3 Å². The largest absolute Gasteiger partial charge is 0.497 e. The average Bonchev–Trinajstić information content (AvgIpc) is 2.65. The van der Waals surface area contributed by atoms with Gasteiger partial charge in [-0.25, -0.2) is 0 Å². The third-order valence-corrected chi connectivity index (χ3v) is 4.37. The molecule has 1 atom stereocenters. The number of methoxy groups -OCH3 is 1. The zero-order valence-corrected chi connectivity index (χ0v) is 14.0. The second-order valence-electron chi connectivity index (χ2n) is 6.14. The van der Waals surface area contributed by atoms with E-state index in [0.717, 1.165) is 31.4 Å². The molecule has 0 aliphatic rings. The summed E-state index contributed by atoms with van der Waals surface area (Å²) in [6.07, 6.45) is 6.66. The van der Waals surface area contributed by atoms with Crippen molar-refractivity contribution in [3.8, 4) is 5.75 Å². The molecule has 0 saturated carbocycles. The number of hydrogen-bond donors (Lipinski definition) is 1. The van der Waals surface area contributed by atoms with E-state index in [0.29, 0.717) is 0 Å². The van der Waals surface area contributed by atoms with Gasteiger partial charge in [-0.2, -0.15) is 0 Å². The molecule has 2 aromatic carbocycles. The molecule has 3 heteroatoms. The van der Waals surface area contributed by atoms with Crippen molar-refractivity contribution in [2.75, 3.05) is 7.11 Å². The van der Waals surface area contributed by atoms with Gasteiger partial charge in [-0.15, -0.1) is 0 Å². The second kappa shape index (κ2) is 7.93. The van der Waals surface area contributed by atoms with E-state index < -0.39 is 0 Å². The Morgan fingerprint density at radius 2 is 1.71 bits per heavy atom. The molecule has 0 amide bonds. The number of aliphatic hydroxyl groups excluding tert-OH is 1. The number of hydrogen-bond acceptors (Lipinski definition) is 3. The molecule has 1 heterocycles. The molecule has 0 fully saturated rings. The molecular formula is C21H23NO2. The Morgan fingerprint density at radius 1 is 0.958 bits per heavy atom. The van der Waals surface area contributed by atoms with Gasteiger partial charge in [-0.3, -0.25) is 4.98 Å². The number of ether oxygens (including phenoxy) is 1. The van der Waals surface area contributed by atoms with Crippen molar-refractivity contribution < 1.29 is 9.84 Å². The van der Waals surface area contributed by atoms with Gasteiger partial charge < -0.3 is 9.84 Å². The molecular weight excluding hydrogens is 298 g/mol. The highest BCUT2D eigenvalue weighted by molar-refractivity contribution is 5.84. The number of aryl methyl sites for hydroxylation is 2. The van der Waals surface area contributed by atoms with Crippen molar-refractivity contribution >= 4 is 10.8 Å². The summed E-state index contributed by atoms with van der Waals surface area (Å²) in [7, 11) is 1.68. The Labute approximate surface area is 142 Å².